The number of ether oxygens (including phenoxy) is 1. The van der Waals surface area contributed by atoms with Gasteiger partial charge in [-0.15, -0.1) is 0 Å². The van der Waals surface area contributed by atoms with E-state index in [1.165, 1.54) is 0 Å². The number of rotatable bonds is 7. The molecule has 2 aliphatic heterocycles. The molecule has 0 saturated carbocycles. The van der Waals surface area contributed by atoms with Crippen LogP contribution in [0.1, 0.15) is 44.1 Å². The van der Waals surface area contributed by atoms with Crippen molar-refractivity contribution in [2.24, 2.45) is 17.8 Å². The van der Waals surface area contributed by atoms with Gasteiger partial charge in [0, 0.05) is 19.3 Å². The highest BCUT2D eigenvalue weighted by atomic mass is 16.5. The molecule has 0 aromatic carbocycles. The first-order chi connectivity index (χ1) is 12.8. The Hall–Kier alpha value is -2.42. The lowest BCUT2D eigenvalue weighted by molar-refractivity contribution is -0.147. The molecule has 148 valence electrons. The molecule has 0 radical (unpaired) electrons. The zero-order chi connectivity index (χ0) is 19.7. The van der Waals surface area contributed by atoms with Crippen molar-refractivity contribution in [3.05, 3.63) is 11.9 Å². The van der Waals surface area contributed by atoms with E-state index in [4.69, 9.17) is 4.74 Å². The van der Waals surface area contributed by atoms with Crippen LogP contribution < -0.4 is 10.6 Å². The van der Waals surface area contributed by atoms with Gasteiger partial charge in [-0.2, -0.15) is 5.10 Å². The van der Waals surface area contributed by atoms with E-state index in [-0.39, 0.29) is 23.2 Å². The number of carboxylic acid groups (broad SMARTS) is 1. The number of hydrogen-bond acceptors (Lipinski definition) is 5. The zero-order valence-electron chi connectivity index (χ0n) is 15.8. The minimum absolute atomic E-state index is 0.127. The molecule has 9 nitrogen and oxygen atoms in total. The highest BCUT2D eigenvalue weighted by Gasteiger charge is 2.55. The number of anilines is 1. The molecule has 9 heteroatoms. The molecular formula is C18H26N4O5. The summed E-state index contributed by atoms with van der Waals surface area (Å²) < 4.78 is 7.21. The molecule has 2 amide bonds. The third-order valence-corrected chi connectivity index (χ3v) is 5.09. The summed E-state index contributed by atoms with van der Waals surface area (Å²) >= 11 is 0. The number of hydrogen-bond donors (Lipinski definition) is 3. The molecule has 27 heavy (non-hydrogen) atoms. The van der Waals surface area contributed by atoms with Gasteiger partial charge in [-0.25, -0.2) is 0 Å². The summed E-state index contributed by atoms with van der Waals surface area (Å²) in [5.41, 5.74) is 0.414. The van der Waals surface area contributed by atoms with Crippen LogP contribution in [0.3, 0.4) is 0 Å². The van der Waals surface area contributed by atoms with Crippen LogP contribution in [0.25, 0.3) is 0 Å². The van der Waals surface area contributed by atoms with E-state index in [1.807, 2.05) is 20.8 Å². The summed E-state index contributed by atoms with van der Waals surface area (Å²) in [7, 11) is 0. The highest BCUT2D eigenvalue weighted by molar-refractivity contribution is 6.03. The Labute approximate surface area is 157 Å². The first kappa shape index (κ1) is 19.3. The normalized spacial score (nSPS) is 26.4. The summed E-state index contributed by atoms with van der Waals surface area (Å²) in [5.74, 6) is -3.18. The van der Waals surface area contributed by atoms with Crippen LogP contribution in [0.2, 0.25) is 0 Å². The standard InChI is InChI=1S/C18H26N4O5/c1-4-22-8-10(15(21-22)17(24)19-7-9(2)3)20-16(23)13-11-5-6-12(27-11)14(13)18(25)26/h8-9,11-14H,4-7H2,1-3H3,(H,19,24)(H,20,23)(H,25,26)/t11-,12-,13+,14-/m1/s1. The number of nitrogens with one attached hydrogen (secondary N) is 2. The van der Waals surface area contributed by atoms with Crippen LogP contribution in [0, 0.1) is 17.8 Å². The maximum Gasteiger partial charge on any atom is 0.310 e. The third kappa shape index (κ3) is 3.83. The third-order valence-electron chi connectivity index (χ3n) is 5.09. The molecule has 1 aromatic rings. The predicted octanol–water partition coefficient (Wildman–Crippen LogP) is 1.11. The number of aromatic nitrogens is 2. The van der Waals surface area contributed by atoms with Gasteiger partial charge in [-0.3, -0.25) is 19.1 Å². The molecule has 3 N–H and O–H groups in total. The second kappa shape index (κ2) is 7.67. The Bertz CT molecular complexity index is 744. The molecule has 2 aliphatic rings. The Morgan fingerprint density at radius 1 is 1.30 bits per heavy atom. The quantitative estimate of drug-likeness (QED) is 0.653. The van der Waals surface area contributed by atoms with Crippen molar-refractivity contribution in [1.82, 2.24) is 15.1 Å². The number of fused-ring (bicyclic) bond motifs is 2. The number of nitrogens with zero attached hydrogens (tertiary/aromatic N) is 2. The molecule has 3 rings (SSSR count). The molecule has 0 unspecified atom stereocenters. The fraction of sp³-hybridized carbons (Fsp3) is 0.667. The predicted molar refractivity (Wildman–Crippen MR) is 96.2 cm³/mol. The fourth-order valence-electron chi connectivity index (χ4n) is 3.76. The monoisotopic (exact) mass is 378 g/mol. The van der Waals surface area contributed by atoms with Gasteiger partial charge in [-0.05, 0) is 25.7 Å². The van der Waals surface area contributed by atoms with Crippen LogP contribution in [-0.2, 0) is 20.9 Å². The topological polar surface area (TPSA) is 123 Å². The van der Waals surface area contributed by atoms with E-state index < -0.39 is 35.9 Å². The SMILES string of the molecule is CCn1cc(NC(=O)[C@@H]2[C@H](C(=O)O)[C@H]3CC[C@H]2O3)c(C(=O)NCC(C)C)n1. The second-order valence-corrected chi connectivity index (χ2v) is 7.52. The van der Waals surface area contributed by atoms with Crippen molar-refractivity contribution in [3.63, 3.8) is 0 Å². The van der Waals surface area contributed by atoms with Gasteiger partial charge in [0.05, 0.1) is 29.7 Å². The number of amides is 2. The first-order valence-corrected chi connectivity index (χ1v) is 9.36. The summed E-state index contributed by atoms with van der Waals surface area (Å²) in [6.45, 7) is 6.87. The number of aryl methyl sites for hydroxylation is 1. The molecule has 2 saturated heterocycles. The van der Waals surface area contributed by atoms with Gasteiger partial charge in [-0.1, -0.05) is 13.8 Å². The molecule has 1 aromatic heterocycles. The van der Waals surface area contributed by atoms with Crippen LogP contribution in [-0.4, -0.2) is 51.4 Å². The Balaban J connectivity index is 1.78. The van der Waals surface area contributed by atoms with Gasteiger partial charge >= 0.3 is 5.97 Å². The van der Waals surface area contributed by atoms with E-state index in [9.17, 15) is 19.5 Å². The van der Waals surface area contributed by atoms with Crippen LogP contribution in [0.4, 0.5) is 5.69 Å². The van der Waals surface area contributed by atoms with Crippen molar-refractivity contribution in [2.75, 3.05) is 11.9 Å². The minimum Gasteiger partial charge on any atom is -0.481 e. The van der Waals surface area contributed by atoms with Crippen molar-refractivity contribution in [3.8, 4) is 0 Å². The summed E-state index contributed by atoms with van der Waals surface area (Å²) in [6.07, 6.45) is 2.10. The highest BCUT2D eigenvalue weighted by Crippen LogP contribution is 2.44. The van der Waals surface area contributed by atoms with Gasteiger partial charge in [0.1, 0.15) is 0 Å². The lowest BCUT2D eigenvalue weighted by Crippen LogP contribution is -2.41. The first-order valence-electron chi connectivity index (χ1n) is 9.36. The molecule has 2 fully saturated rings. The van der Waals surface area contributed by atoms with E-state index in [1.54, 1.807) is 10.9 Å². The van der Waals surface area contributed by atoms with Gasteiger partial charge in [0.15, 0.2) is 5.69 Å². The summed E-state index contributed by atoms with van der Waals surface area (Å²) in [6, 6.07) is 0. The number of carbonyl (C=O) groups excluding carboxylic acids is 2. The second-order valence-electron chi connectivity index (χ2n) is 7.52. The Morgan fingerprint density at radius 2 is 1.96 bits per heavy atom. The Morgan fingerprint density at radius 3 is 2.56 bits per heavy atom. The molecule has 2 bridgehead atoms. The van der Waals surface area contributed by atoms with Crippen molar-refractivity contribution >= 4 is 23.5 Å². The zero-order valence-corrected chi connectivity index (χ0v) is 15.8. The van der Waals surface area contributed by atoms with Crippen LogP contribution in [0.15, 0.2) is 6.20 Å². The van der Waals surface area contributed by atoms with E-state index in [0.29, 0.717) is 25.9 Å². The van der Waals surface area contributed by atoms with Crippen LogP contribution >= 0.6 is 0 Å². The van der Waals surface area contributed by atoms with Gasteiger partial charge < -0.3 is 20.5 Å². The lowest BCUT2D eigenvalue weighted by atomic mass is 9.78. The Kier molecular flexibility index (Phi) is 5.50. The minimum atomic E-state index is -1.03. The summed E-state index contributed by atoms with van der Waals surface area (Å²) in [5, 5.41) is 19.2. The smallest absolute Gasteiger partial charge is 0.310 e. The van der Waals surface area contributed by atoms with E-state index in [2.05, 4.69) is 15.7 Å². The van der Waals surface area contributed by atoms with Crippen molar-refractivity contribution in [1.29, 1.82) is 0 Å². The van der Waals surface area contributed by atoms with Crippen molar-refractivity contribution in [2.45, 2.75) is 52.4 Å². The summed E-state index contributed by atoms with van der Waals surface area (Å²) in [4.78, 5) is 36.9. The molecular weight excluding hydrogens is 352 g/mol. The largest absolute Gasteiger partial charge is 0.481 e. The maximum absolute atomic E-state index is 12.8. The van der Waals surface area contributed by atoms with E-state index >= 15 is 0 Å². The number of carboxylic acids is 1. The van der Waals surface area contributed by atoms with Crippen molar-refractivity contribution < 1.29 is 24.2 Å². The fourth-order valence-corrected chi connectivity index (χ4v) is 3.76. The van der Waals surface area contributed by atoms with Crippen LogP contribution in [0.5, 0.6) is 0 Å². The molecule has 0 spiro atoms. The molecule has 0 aliphatic carbocycles. The number of aliphatic carboxylic acids is 1. The molecule has 3 heterocycles. The van der Waals surface area contributed by atoms with Gasteiger partial charge in [0.25, 0.3) is 5.91 Å². The molecule has 4 atom stereocenters. The average molecular weight is 378 g/mol. The average Bonchev–Trinajstić information content (AvgIpc) is 3.32. The van der Waals surface area contributed by atoms with E-state index in [0.717, 1.165) is 0 Å². The lowest BCUT2D eigenvalue weighted by Gasteiger charge is -2.23. The maximum atomic E-state index is 12.8. The van der Waals surface area contributed by atoms with Gasteiger partial charge in [0.2, 0.25) is 5.91 Å². The number of carbonyl (C=O) groups is 3.